The van der Waals surface area contributed by atoms with E-state index >= 15 is 0 Å². The van der Waals surface area contributed by atoms with Gasteiger partial charge in [-0.15, -0.1) is 0 Å². The first-order valence-electron chi connectivity index (χ1n) is 5.61. The van der Waals surface area contributed by atoms with Crippen molar-refractivity contribution in [3.63, 3.8) is 0 Å². The molecule has 17 heavy (non-hydrogen) atoms. The van der Waals surface area contributed by atoms with Crippen molar-refractivity contribution in [1.82, 2.24) is 0 Å². The number of hydrogen-bond donors (Lipinski definition) is 0. The number of hydrogen-bond acceptors (Lipinski definition) is 2. The highest BCUT2D eigenvalue weighted by Crippen LogP contribution is 2.21. The highest BCUT2D eigenvalue weighted by Gasteiger charge is 2.23. The Bertz CT molecular complexity index is 472. The molecule has 1 atom stereocenters. The van der Waals surface area contributed by atoms with Crippen molar-refractivity contribution in [3.8, 4) is 0 Å². The lowest BCUT2D eigenvalue weighted by atomic mass is 9.92. The van der Waals surface area contributed by atoms with Gasteiger partial charge in [-0.1, -0.05) is 30.3 Å². The van der Waals surface area contributed by atoms with Gasteiger partial charge >= 0.3 is 12.0 Å². The SMILES string of the molecule is CC1=[O+]C=C([O-])C(CC(=O)c2ccccc2)C1. The van der Waals surface area contributed by atoms with Crippen LogP contribution in [0.4, 0.5) is 0 Å². The molecule has 0 fully saturated rings. The summed E-state index contributed by atoms with van der Waals surface area (Å²) in [5.41, 5.74) is 0.657. The van der Waals surface area contributed by atoms with Crippen LogP contribution in [0, 0.1) is 5.92 Å². The van der Waals surface area contributed by atoms with Gasteiger partial charge < -0.3 is 5.11 Å². The summed E-state index contributed by atoms with van der Waals surface area (Å²) in [7, 11) is 0. The molecule has 0 spiro atoms. The maximum absolute atomic E-state index is 11.9. The minimum atomic E-state index is -0.267. The van der Waals surface area contributed by atoms with Crippen molar-refractivity contribution in [3.05, 3.63) is 47.9 Å². The normalized spacial score (nSPS) is 19.5. The molecule has 0 amide bonds. The standard InChI is InChI=1S/C14H14O3/c1-10-7-12(14(16)9-17-10)8-13(15)11-5-3-2-4-6-11/h2-6,9,12H,7-8H2,1H3. The van der Waals surface area contributed by atoms with E-state index in [1.165, 1.54) is 6.26 Å². The van der Waals surface area contributed by atoms with Crippen molar-refractivity contribution < 1.29 is 14.3 Å². The quantitative estimate of drug-likeness (QED) is 0.585. The maximum atomic E-state index is 11.9. The van der Waals surface area contributed by atoms with Crippen LogP contribution in [0.2, 0.25) is 0 Å². The number of ketones is 2. The van der Waals surface area contributed by atoms with Crippen LogP contribution in [0.5, 0.6) is 0 Å². The average molecular weight is 230 g/mol. The van der Waals surface area contributed by atoms with Crippen LogP contribution in [-0.2, 0) is 4.42 Å². The van der Waals surface area contributed by atoms with Gasteiger partial charge in [-0.2, -0.15) is 0 Å². The molecule has 2 rings (SSSR count). The van der Waals surface area contributed by atoms with Gasteiger partial charge in [0.05, 0.1) is 6.42 Å². The molecule has 1 aliphatic rings. The molecular formula is C14H14O3. The largest absolute Gasteiger partial charge is 0.869 e. The molecule has 1 aromatic rings. The second-order valence-electron chi connectivity index (χ2n) is 4.23. The number of carbonyl (C=O) groups excluding carboxylic acids is 2. The van der Waals surface area contributed by atoms with Gasteiger partial charge in [0, 0.05) is 18.9 Å². The van der Waals surface area contributed by atoms with Crippen molar-refractivity contribution in [2.45, 2.75) is 19.8 Å². The second-order valence-corrected chi connectivity index (χ2v) is 4.23. The third-order valence-corrected chi connectivity index (χ3v) is 2.84. The van der Waals surface area contributed by atoms with E-state index in [9.17, 15) is 9.90 Å². The van der Waals surface area contributed by atoms with E-state index in [2.05, 4.69) is 0 Å². The van der Waals surface area contributed by atoms with Gasteiger partial charge in [-0.25, -0.2) is 4.42 Å². The average Bonchev–Trinajstić information content (AvgIpc) is 2.35. The van der Waals surface area contributed by atoms with Crippen LogP contribution in [0.3, 0.4) is 0 Å². The number of Topliss-reactive ketones (excluding diaryl/α,β-unsaturated/α-hetero) is 1. The predicted octanol–water partition coefficient (Wildman–Crippen LogP) is 1.61. The molecule has 0 aliphatic carbocycles. The Morgan fingerprint density at radius 2 is 2.12 bits per heavy atom. The fraction of sp³-hybridized carbons (Fsp3) is 0.286. The Morgan fingerprint density at radius 1 is 1.41 bits per heavy atom. The Balaban J connectivity index is 2.06. The lowest BCUT2D eigenvalue weighted by Gasteiger charge is -2.20. The van der Waals surface area contributed by atoms with Crippen LogP contribution in [-0.4, -0.2) is 11.6 Å². The summed E-state index contributed by atoms with van der Waals surface area (Å²) in [4.78, 5) is 11.9. The van der Waals surface area contributed by atoms with Crippen LogP contribution in [0.1, 0.15) is 30.1 Å². The zero-order valence-corrected chi connectivity index (χ0v) is 9.68. The molecule has 0 radical (unpaired) electrons. The molecular weight excluding hydrogens is 216 g/mol. The van der Waals surface area contributed by atoms with Gasteiger partial charge in [0.2, 0.25) is 0 Å². The van der Waals surface area contributed by atoms with Crippen molar-refractivity contribution >= 4 is 11.6 Å². The second kappa shape index (κ2) is 4.95. The zero-order chi connectivity index (χ0) is 12.3. The van der Waals surface area contributed by atoms with E-state index in [1.807, 2.05) is 25.1 Å². The molecule has 0 saturated heterocycles. The van der Waals surface area contributed by atoms with Crippen molar-refractivity contribution in [2.24, 2.45) is 5.92 Å². The first-order chi connectivity index (χ1) is 8.16. The topological polar surface area (TPSA) is 51.4 Å². The van der Waals surface area contributed by atoms with Gasteiger partial charge in [0.1, 0.15) is 0 Å². The molecule has 1 aliphatic heterocycles. The van der Waals surface area contributed by atoms with Crippen molar-refractivity contribution in [2.75, 3.05) is 0 Å². The fourth-order valence-electron chi connectivity index (χ4n) is 1.89. The van der Waals surface area contributed by atoms with Crippen molar-refractivity contribution in [1.29, 1.82) is 0 Å². The summed E-state index contributed by atoms with van der Waals surface area (Å²) in [6.07, 6.45) is 2.00. The van der Waals surface area contributed by atoms with Gasteiger partial charge in [-0.3, -0.25) is 4.79 Å². The molecule has 0 saturated carbocycles. The van der Waals surface area contributed by atoms with Crippen LogP contribution < -0.4 is 5.11 Å². The Kier molecular flexibility index (Phi) is 3.38. The van der Waals surface area contributed by atoms with Gasteiger partial charge in [0.15, 0.2) is 5.78 Å². The van der Waals surface area contributed by atoms with E-state index in [0.717, 1.165) is 5.78 Å². The molecule has 0 N–H and O–H groups in total. The molecule has 1 aromatic carbocycles. The number of rotatable bonds is 3. The smallest absolute Gasteiger partial charge is 0.306 e. The number of allylic oxidation sites excluding steroid dienone is 1. The molecule has 1 heterocycles. The van der Waals surface area contributed by atoms with E-state index in [1.54, 1.807) is 12.1 Å². The summed E-state index contributed by atoms with van der Waals surface area (Å²) in [5, 5.41) is 11.6. The minimum Gasteiger partial charge on any atom is -0.869 e. The summed E-state index contributed by atoms with van der Waals surface area (Å²) in [6.45, 7) is 1.82. The van der Waals surface area contributed by atoms with Crippen LogP contribution >= 0.6 is 0 Å². The number of benzene rings is 1. The first kappa shape index (κ1) is 11.6. The summed E-state index contributed by atoms with van der Waals surface area (Å²) in [6, 6.07) is 9.05. The Morgan fingerprint density at radius 3 is 2.82 bits per heavy atom. The summed E-state index contributed by atoms with van der Waals surface area (Å²) >= 11 is 0. The van der Waals surface area contributed by atoms with E-state index < -0.39 is 0 Å². The van der Waals surface area contributed by atoms with Gasteiger partial charge in [0.25, 0.3) is 0 Å². The van der Waals surface area contributed by atoms with E-state index in [-0.39, 0.29) is 23.9 Å². The molecule has 3 nitrogen and oxygen atoms in total. The highest BCUT2D eigenvalue weighted by atomic mass is 16.4. The third kappa shape index (κ3) is 2.81. The molecule has 3 heteroatoms. The van der Waals surface area contributed by atoms with E-state index in [0.29, 0.717) is 12.0 Å². The van der Waals surface area contributed by atoms with Gasteiger partial charge in [-0.05, 0) is 11.7 Å². The Hall–Kier alpha value is -1.90. The van der Waals surface area contributed by atoms with E-state index in [4.69, 9.17) is 4.42 Å². The third-order valence-electron chi connectivity index (χ3n) is 2.84. The highest BCUT2D eigenvalue weighted by molar-refractivity contribution is 5.96. The minimum absolute atomic E-state index is 0.00653. The fourth-order valence-corrected chi connectivity index (χ4v) is 1.89. The molecule has 88 valence electrons. The maximum Gasteiger partial charge on any atom is 0.306 e. The Labute approximate surface area is 100 Å². The molecule has 0 aromatic heterocycles. The molecule has 1 unspecified atom stereocenters. The first-order valence-corrected chi connectivity index (χ1v) is 5.61. The number of carbonyl (C=O) groups is 1. The van der Waals surface area contributed by atoms with Crippen LogP contribution in [0.25, 0.3) is 0 Å². The summed E-state index contributed by atoms with van der Waals surface area (Å²) in [5.74, 6) is 0.429. The summed E-state index contributed by atoms with van der Waals surface area (Å²) < 4.78 is 5.04. The lowest BCUT2D eigenvalue weighted by Crippen LogP contribution is -2.24. The predicted molar refractivity (Wildman–Crippen MR) is 62.3 cm³/mol. The van der Waals surface area contributed by atoms with Crippen LogP contribution in [0.15, 0.2) is 42.4 Å². The molecule has 0 bridgehead atoms. The lowest BCUT2D eigenvalue weighted by molar-refractivity contribution is -0.410. The monoisotopic (exact) mass is 230 g/mol. The zero-order valence-electron chi connectivity index (χ0n) is 9.68.